The molecule has 2 aliphatic rings. The van der Waals surface area contributed by atoms with E-state index < -0.39 is 0 Å². The zero-order chi connectivity index (χ0) is 17.9. The molecule has 25 heavy (non-hydrogen) atoms. The first kappa shape index (κ1) is 18.0. The Morgan fingerprint density at radius 1 is 1.20 bits per heavy atom. The SMILES string of the molecule is C=C1CCCC(C)(C)C1CCC1=CC(=O)N(CCc2ccccc2)C1. The number of hydrogen-bond acceptors (Lipinski definition) is 1. The van der Waals surface area contributed by atoms with E-state index in [0.29, 0.717) is 11.3 Å². The van der Waals surface area contributed by atoms with E-state index in [0.717, 1.165) is 32.4 Å². The summed E-state index contributed by atoms with van der Waals surface area (Å²) in [5, 5.41) is 0. The smallest absolute Gasteiger partial charge is 0.246 e. The van der Waals surface area contributed by atoms with Crippen LogP contribution in [0.3, 0.4) is 0 Å². The van der Waals surface area contributed by atoms with E-state index in [2.05, 4.69) is 44.7 Å². The van der Waals surface area contributed by atoms with Gasteiger partial charge in [0.05, 0.1) is 0 Å². The Balaban J connectivity index is 1.50. The van der Waals surface area contributed by atoms with Crippen LogP contribution in [0.4, 0.5) is 0 Å². The Bertz CT molecular complexity index is 656. The molecule has 0 N–H and O–H groups in total. The second-order valence-electron chi connectivity index (χ2n) is 8.39. The number of benzene rings is 1. The number of rotatable bonds is 6. The van der Waals surface area contributed by atoms with Crippen molar-refractivity contribution in [2.24, 2.45) is 11.3 Å². The van der Waals surface area contributed by atoms with Gasteiger partial charge in [0.2, 0.25) is 5.91 Å². The van der Waals surface area contributed by atoms with Crippen molar-refractivity contribution in [1.29, 1.82) is 0 Å². The van der Waals surface area contributed by atoms with Crippen LogP contribution >= 0.6 is 0 Å². The van der Waals surface area contributed by atoms with E-state index in [9.17, 15) is 4.79 Å². The molecule has 0 radical (unpaired) electrons. The fraction of sp³-hybridized carbons (Fsp3) is 0.522. The Morgan fingerprint density at radius 2 is 1.96 bits per heavy atom. The van der Waals surface area contributed by atoms with Gasteiger partial charge < -0.3 is 4.90 Å². The molecule has 2 nitrogen and oxygen atoms in total. The number of hydrogen-bond donors (Lipinski definition) is 0. The van der Waals surface area contributed by atoms with Crippen molar-refractivity contribution < 1.29 is 4.79 Å². The van der Waals surface area contributed by atoms with Crippen LogP contribution in [-0.2, 0) is 11.2 Å². The van der Waals surface area contributed by atoms with Crippen LogP contribution in [0, 0.1) is 11.3 Å². The highest BCUT2D eigenvalue weighted by atomic mass is 16.2. The second kappa shape index (κ2) is 7.59. The average Bonchev–Trinajstić information content (AvgIpc) is 2.93. The molecule has 1 atom stereocenters. The first-order valence-corrected chi connectivity index (χ1v) is 9.66. The minimum atomic E-state index is 0.188. The molecule has 2 heteroatoms. The predicted octanol–water partition coefficient (Wildman–Crippen LogP) is 5.16. The topological polar surface area (TPSA) is 20.3 Å². The summed E-state index contributed by atoms with van der Waals surface area (Å²) in [4.78, 5) is 14.3. The summed E-state index contributed by atoms with van der Waals surface area (Å²) >= 11 is 0. The molecule has 1 aliphatic carbocycles. The first-order chi connectivity index (χ1) is 12.0. The Morgan fingerprint density at radius 3 is 2.68 bits per heavy atom. The van der Waals surface area contributed by atoms with Gasteiger partial charge in [0, 0.05) is 19.2 Å². The Hall–Kier alpha value is -1.83. The molecule has 1 amide bonds. The van der Waals surface area contributed by atoms with Crippen LogP contribution in [-0.4, -0.2) is 23.9 Å². The van der Waals surface area contributed by atoms with Crippen LogP contribution in [0.25, 0.3) is 0 Å². The molecule has 1 fully saturated rings. The van der Waals surface area contributed by atoms with Gasteiger partial charge in [-0.1, -0.05) is 56.3 Å². The van der Waals surface area contributed by atoms with Crippen molar-refractivity contribution in [1.82, 2.24) is 4.90 Å². The molecule has 0 saturated heterocycles. The standard InChI is InChI=1S/C23H31NO/c1-18-8-7-14-23(2,3)21(18)12-11-20-16-22(25)24(17-20)15-13-19-9-5-4-6-10-19/h4-6,9-10,16,21H,1,7-8,11-15,17H2,2-3H3. The molecular formula is C23H31NO. The second-order valence-corrected chi connectivity index (χ2v) is 8.39. The fourth-order valence-electron chi connectivity index (χ4n) is 4.48. The number of amides is 1. The average molecular weight is 338 g/mol. The van der Waals surface area contributed by atoms with Crippen LogP contribution in [0.1, 0.15) is 51.5 Å². The molecule has 0 aromatic heterocycles. The van der Waals surface area contributed by atoms with Crippen LogP contribution in [0.5, 0.6) is 0 Å². The van der Waals surface area contributed by atoms with E-state index in [-0.39, 0.29) is 5.91 Å². The molecule has 1 saturated carbocycles. The molecule has 3 rings (SSSR count). The van der Waals surface area contributed by atoms with Crippen LogP contribution < -0.4 is 0 Å². The lowest BCUT2D eigenvalue weighted by Gasteiger charge is -2.40. The summed E-state index contributed by atoms with van der Waals surface area (Å²) in [6.07, 6.45) is 8.71. The monoisotopic (exact) mass is 337 g/mol. The number of carbonyl (C=O) groups is 1. The lowest BCUT2D eigenvalue weighted by Crippen LogP contribution is -2.30. The highest BCUT2D eigenvalue weighted by molar-refractivity contribution is 5.91. The number of carbonyl (C=O) groups excluding carboxylic acids is 1. The minimum Gasteiger partial charge on any atom is -0.335 e. The van der Waals surface area contributed by atoms with Crippen molar-refractivity contribution in [2.45, 2.75) is 52.4 Å². The third-order valence-corrected chi connectivity index (χ3v) is 6.06. The summed E-state index contributed by atoms with van der Waals surface area (Å²) in [5.74, 6) is 0.781. The maximum Gasteiger partial charge on any atom is 0.246 e. The lowest BCUT2D eigenvalue weighted by atomic mass is 9.65. The zero-order valence-electron chi connectivity index (χ0n) is 15.8. The van der Waals surface area contributed by atoms with Crippen molar-refractivity contribution in [2.75, 3.05) is 13.1 Å². The number of allylic oxidation sites excluding steroid dienone is 1. The van der Waals surface area contributed by atoms with E-state index in [1.807, 2.05) is 17.0 Å². The van der Waals surface area contributed by atoms with Gasteiger partial charge in [-0.3, -0.25) is 4.79 Å². The van der Waals surface area contributed by atoms with E-state index >= 15 is 0 Å². The molecule has 1 aromatic carbocycles. The van der Waals surface area contributed by atoms with Gasteiger partial charge in [-0.2, -0.15) is 0 Å². The zero-order valence-corrected chi connectivity index (χ0v) is 15.8. The quantitative estimate of drug-likeness (QED) is 0.657. The van der Waals surface area contributed by atoms with Crippen LogP contribution in [0.2, 0.25) is 0 Å². The van der Waals surface area contributed by atoms with Crippen molar-refractivity contribution >= 4 is 5.91 Å². The first-order valence-electron chi connectivity index (χ1n) is 9.66. The highest BCUT2D eigenvalue weighted by Crippen LogP contribution is 2.45. The summed E-state index contributed by atoms with van der Waals surface area (Å²) < 4.78 is 0. The van der Waals surface area contributed by atoms with Crippen molar-refractivity contribution in [3.05, 3.63) is 59.7 Å². The maximum absolute atomic E-state index is 12.3. The van der Waals surface area contributed by atoms with E-state index in [1.54, 1.807) is 0 Å². The summed E-state index contributed by atoms with van der Waals surface area (Å²) in [6, 6.07) is 10.4. The largest absolute Gasteiger partial charge is 0.335 e. The predicted molar refractivity (Wildman–Crippen MR) is 104 cm³/mol. The molecule has 1 heterocycles. The van der Waals surface area contributed by atoms with Gasteiger partial charge in [-0.05, 0) is 61.0 Å². The van der Waals surface area contributed by atoms with Gasteiger partial charge in [0.1, 0.15) is 0 Å². The molecule has 1 aliphatic heterocycles. The van der Waals surface area contributed by atoms with E-state index in [4.69, 9.17) is 0 Å². The third kappa shape index (κ3) is 4.42. The number of nitrogens with zero attached hydrogens (tertiary/aromatic N) is 1. The van der Waals surface area contributed by atoms with E-state index in [1.165, 1.54) is 36.0 Å². The molecule has 0 spiro atoms. The highest BCUT2D eigenvalue weighted by Gasteiger charge is 2.34. The fourth-order valence-corrected chi connectivity index (χ4v) is 4.48. The van der Waals surface area contributed by atoms with Gasteiger partial charge in [-0.25, -0.2) is 0 Å². The molecule has 1 aromatic rings. The Labute approximate surface area is 152 Å². The van der Waals surface area contributed by atoms with Crippen molar-refractivity contribution in [3.8, 4) is 0 Å². The molecule has 1 unspecified atom stereocenters. The van der Waals surface area contributed by atoms with Crippen LogP contribution in [0.15, 0.2) is 54.1 Å². The third-order valence-electron chi connectivity index (χ3n) is 6.06. The lowest BCUT2D eigenvalue weighted by molar-refractivity contribution is -0.124. The normalized spacial score (nSPS) is 23.0. The Kier molecular flexibility index (Phi) is 5.46. The minimum absolute atomic E-state index is 0.188. The maximum atomic E-state index is 12.3. The summed E-state index contributed by atoms with van der Waals surface area (Å²) in [7, 11) is 0. The van der Waals surface area contributed by atoms with Gasteiger partial charge in [-0.15, -0.1) is 0 Å². The molecule has 0 bridgehead atoms. The van der Waals surface area contributed by atoms with Crippen molar-refractivity contribution in [3.63, 3.8) is 0 Å². The molecular weight excluding hydrogens is 306 g/mol. The van der Waals surface area contributed by atoms with Gasteiger partial charge in [0.15, 0.2) is 0 Å². The molecule has 134 valence electrons. The van der Waals surface area contributed by atoms with Gasteiger partial charge >= 0.3 is 0 Å². The summed E-state index contributed by atoms with van der Waals surface area (Å²) in [6.45, 7) is 10.7. The summed E-state index contributed by atoms with van der Waals surface area (Å²) in [5.41, 5.74) is 4.37. The van der Waals surface area contributed by atoms with Gasteiger partial charge in [0.25, 0.3) is 0 Å².